The van der Waals surface area contributed by atoms with Crippen LogP contribution in [0.4, 0.5) is 10.1 Å². The Morgan fingerprint density at radius 1 is 1.32 bits per heavy atom. The van der Waals surface area contributed by atoms with Crippen LogP contribution in [-0.4, -0.2) is 11.4 Å². The zero-order valence-corrected chi connectivity index (χ0v) is 11.1. The maximum absolute atomic E-state index is 13.6. The van der Waals surface area contributed by atoms with Crippen molar-refractivity contribution in [1.82, 2.24) is 5.32 Å². The lowest BCUT2D eigenvalue weighted by molar-refractivity contribution is 0.0883. The SMILES string of the molecule is CC1(NC(=O)c2cccc(F)c2NN)CCCCC1. The van der Waals surface area contributed by atoms with Crippen LogP contribution in [0.3, 0.4) is 0 Å². The summed E-state index contributed by atoms with van der Waals surface area (Å²) in [6.45, 7) is 2.04. The van der Waals surface area contributed by atoms with Gasteiger partial charge in [0.2, 0.25) is 0 Å². The molecule has 1 saturated carbocycles. The van der Waals surface area contributed by atoms with Crippen molar-refractivity contribution in [2.45, 2.75) is 44.6 Å². The van der Waals surface area contributed by atoms with Crippen molar-refractivity contribution in [2.24, 2.45) is 5.84 Å². The first-order chi connectivity index (χ1) is 9.06. The Labute approximate surface area is 112 Å². The molecule has 4 nitrogen and oxygen atoms in total. The topological polar surface area (TPSA) is 67.2 Å². The Kier molecular flexibility index (Phi) is 4.04. The van der Waals surface area contributed by atoms with E-state index in [2.05, 4.69) is 10.7 Å². The van der Waals surface area contributed by atoms with E-state index in [1.165, 1.54) is 18.6 Å². The molecule has 1 aromatic rings. The third-order valence-electron chi connectivity index (χ3n) is 3.77. The smallest absolute Gasteiger partial charge is 0.253 e. The molecule has 0 aliphatic heterocycles. The molecule has 0 spiro atoms. The number of para-hydroxylation sites is 1. The zero-order chi connectivity index (χ0) is 13.9. The number of nitrogens with two attached hydrogens (primary N) is 1. The van der Waals surface area contributed by atoms with Crippen LogP contribution in [0.1, 0.15) is 49.4 Å². The fraction of sp³-hybridized carbons (Fsp3) is 0.500. The molecule has 104 valence electrons. The number of anilines is 1. The summed E-state index contributed by atoms with van der Waals surface area (Å²) in [5.41, 5.74) is 2.34. The monoisotopic (exact) mass is 265 g/mol. The summed E-state index contributed by atoms with van der Waals surface area (Å²) in [5.74, 6) is 4.48. The fourth-order valence-electron chi connectivity index (χ4n) is 2.66. The molecule has 1 amide bonds. The summed E-state index contributed by atoms with van der Waals surface area (Å²) in [6, 6.07) is 4.35. The quantitative estimate of drug-likeness (QED) is 0.581. The number of carbonyl (C=O) groups excluding carboxylic acids is 1. The van der Waals surface area contributed by atoms with Gasteiger partial charge in [-0.05, 0) is 31.9 Å². The number of nitrogen functional groups attached to an aromatic ring is 1. The molecule has 0 aromatic heterocycles. The van der Waals surface area contributed by atoms with Crippen molar-refractivity contribution in [1.29, 1.82) is 0 Å². The van der Waals surface area contributed by atoms with Gasteiger partial charge in [-0.2, -0.15) is 0 Å². The van der Waals surface area contributed by atoms with Crippen LogP contribution in [0.15, 0.2) is 18.2 Å². The van der Waals surface area contributed by atoms with E-state index in [1.54, 1.807) is 6.07 Å². The molecule has 2 rings (SSSR count). The lowest BCUT2D eigenvalue weighted by Gasteiger charge is -2.34. The third-order valence-corrected chi connectivity index (χ3v) is 3.77. The van der Waals surface area contributed by atoms with E-state index in [1.807, 2.05) is 6.92 Å². The van der Waals surface area contributed by atoms with Gasteiger partial charge in [0, 0.05) is 5.54 Å². The Hall–Kier alpha value is -1.62. The molecule has 5 heteroatoms. The second-order valence-electron chi connectivity index (χ2n) is 5.38. The standard InChI is InChI=1S/C14H20FN3O/c1-14(8-3-2-4-9-14)17-13(19)10-6-5-7-11(15)12(10)18-16/h5-7,18H,2-4,8-9,16H2,1H3,(H,17,19). The summed E-state index contributed by atoms with van der Waals surface area (Å²) >= 11 is 0. The van der Waals surface area contributed by atoms with E-state index < -0.39 is 5.82 Å². The van der Waals surface area contributed by atoms with Gasteiger partial charge in [-0.1, -0.05) is 25.3 Å². The van der Waals surface area contributed by atoms with Gasteiger partial charge in [0.05, 0.1) is 11.3 Å². The minimum Gasteiger partial charge on any atom is -0.347 e. The fourth-order valence-corrected chi connectivity index (χ4v) is 2.66. The van der Waals surface area contributed by atoms with Crippen LogP contribution in [0.25, 0.3) is 0 Å². The third kappa shape index (κ3) is 3.04. The van der Waals surface area contributed by atoms with Crippen LogP contribution in [0.5, 0.6) is 0 Å². The van der Waals surface area contributed by atoms with Gasteiger partial charge in [0.25, 0.3) is 5.91 Å². The molecule has 1 fully saturated rings. The minimum absolute atomic E-state index is 0.0411. The predicted octanol–water partition coefficient (Wildman–Crippen LogP) is 2.56. The average Bonchev–Trinajstić information content (AvgIpc) is 2.38. The summed E-state index contributed by atoms with van der Waals surface area (Å²) < 4.78 is 13.6. The molecular formula is C14H20FN3O. The maximum atomic E-state index is 13.6. The molecule has 19 heavy (non-hydrogen) atoms. The largest absolute Gasteiger partial charge is 0.347 e. The molecule has 0 unspecified atom stereocenters. The second-order valence-corrected chi connectivity index (χ2v) is 5.38. The lowest BCUT2D eigenvalue weighted by Crippen LogP contribution is -2.47. The van der Waals surface area contributed by atoms with Crippen molar-refractivity contribution in [3.05, 3.63) is 29.6 Å². The summed E-state index contributed by atoms with van der Waals surface area (Å²) in [4.78, 5) is 12.3. The van der Waals surface area contributed by atoms with Crippen LogP contribution >= 0.6 is 0 Å². The van der Waals surface area contributed by atoms with Crippen molar-refractivity contribution in [3.63, 3.8) is 0 Å². The highest BCUT2D eigenvalue weighted by Gasteiger charge is 2.29. The number of rotatable bonds is 3. The van der Waals surface area contributed by atoms with Crippen LogP contribution in [-0.2, 0) is 0 Å². The number of hydrazine groups is 1. The summed E-state index contributed by atoms with van der Waals surface area (Å²) in [6.07, 6.45) is 5.35. The number of hydrogen-bond donors (Lipinski definition) is 3. The molecule has 0 atom stereocenters. The van der Waals surface area contributed by atoms with Crippen LogP contribution in [0.2, 0.25) is 0 Å². The maximum Gasteiger partial charge on any atom is 0.253 e. The van der Waals surface area contributed by atoms with E-state index in [0.717, 1.165) is 25.7 Å². The molecule has 1 aliphatic carbocycles. The van der Waals surface area contributed by atoms with Crippen molar-refractivity contribution < 1.29 is 9.18 Å². The first-order valence-electron chi connectivity index (χ1n) is 6.63. The normalized spacial score (nSPS) is 17.8. The molecule has 0 heterocycles. The Morgan fingerprint density at radius 3 is 2.63 bits per heavy atom. The van der Waals surface area contributed by atoms with Gasteiger partial charge < -0.3 is 10.7 Å². The second kappa shape index (κ2) is 5.57. The zero-order valence-electron chi connectivity index (χ0n) is 11.1. The van der Waals surface area contributed by atoms with Crippen LogP contribution < -0.4 is 16.6 Å². The lowest BCUT2D eigenvalue weighted by atomic mass is 9.83. The van der Waals surface area contributed by atoms with Gasteiger partial charge in [0.15, 0.2) is 0 Å². The van der Waals surface area contributed by atoms with Crippen molar-refractivity contribution >= 4 is 11.6 Å². The van der Waals surface area contributed by atoms with Gasteiger partial charge in [-0.25, -0.2) is 4.39 Å². The molecule has 0 radical (unpaired) electrons. The number of carbonyl (C=O) groups is 1. The Balaban J connectivity index is 2.18. The van der Waals surface area contributed by atoms with Gasteiger partial charge >= 0.3 is 0 Å². The first kappa shape index (κ1) is 13.8. The highest BCUT2D eigenvalue weighted by atomic mass is 19.1. The highest BCUT2D eigenvalue weighted by molar-refractivity contribution is 6.00. The number of halogens is 1. The van der Waals surface area contributed by atoms with Gasteiger partial charge in [-0.3, -0.25) is 10.6 Å². The molecule has 1 aliphatic rings. The molecule has 0 saturated heterocycles. The number of amides is 1. The molecule has 4 N–H and O–H groups in total. The Bertz CT molecular complexity index is 470. The van der Waals surface area contributed by atoms with Crippen molar-refractivity contribution in [3.8, 4) is 0 Å². The van der Waals surface area contributed by atoms with Crippen molar-refractivity contribution in [2.75, 3.05) is 5.43 Å². The van der Waals surface area contributed by atoms with E-state index in [4.69, 9.17) is 5.84 Å². The number of hydrogen-bond acceptors (Lipinski definition) is 3. The van der Waals surface area contributed by atoms with Crippen LogP contribution in [0, 0.1) is 5.82 Å². The van der Waals surface area contributed by atoms with E-state index >= 15 is 0 Å². The van der Waals surface area contributed by atoms with E-state index in [0.29, 0.717) is 0 Å². The minimum atomic E-state index is -0.524. The van der Waals surface area contributed by atoms with Gasteiger partial charge in [0.1, 0.15) is 5.82 Å². The van der Waals surface area contributed by atoms with E-state index in [-0.39, 0.29) is 22.7 Å². The van der Waals surface area contributed by atoms with E-state index in [9.17, 15) is 9.18 Å². The number of benzene rings is 1. The molecular weight excluding hydrogens is 245 g/mol. The average molecular weight is 265 g/mol. The summed E-state index contributed by atoms with van der Waals surface area (Å²) in [5, 5.41) is 3.01. The predicted molar refractivity (Wildman–Crippen MR) is 73.2 cm³/mol. The van der Waals surface area contributed by atoms with Gasteiger partial charge in [-0.15, -0.1) is 0 Å². The molecule has 0 bridgehead atoms. The summed E-state index contributed by atoms with van der Waals surface area (Å²) in [7, 11) is 0. The first-order valence-corrected chi connectivity index (χ1v) is 6.63. The highest BCUT2D eigenvalue weighted by Crippen LogP contribution is 2.28. The Morgan fingerprint density at radius 2 is 2.00 bits per heavy atom. The number of nitrogens with one attached hydrogen (secondary N) is 2. The molecule has 1 aromatic carbocycles.